The lowest BCUT2D eigenvalue weighted by Gasteiger charge is -2.23. The van der Waals surface area contributed by atoms with Crippen LogP contribution in [0.25, 0.3) is 0 Å². The third-order valence-corrected chi connectivity index (χ3v) is 4.48. The van der Waals surface area contributed by atoms with Gasteiger partial charge < -0.3 is 10.2 Å². The minimum atomic E-state index is -0.215. The van der Waals surface area contributed by atoms with E-state index < -0.39 is 0 Å². The molecule has 1 fully saturated rings. The summed E-state index contributed by atoms with van der Waals surface area (Å²) in [5.41, 5.74) is 3.04. The average molecular weight is 341 g/mol. The Morgan fingerprint density at radius 1 is 1.00 bits per heavy atom. The predicted octanol–water partition coefficient (Wildman–Crippen LogP) is 3.28. The van der Waals surface area contributed by atoms with E-state index in [1.165, 1.54) is 17.7 Å². The minimum absolute atomic E-state index is 0.0130. The van der Waals surface area contributed by atoms with Crippen LogP contribution in [0.4, 0.5) is 15.8 Å². The van der Waals surface area contributed by atoms with E-state index in [9.17, 15) is 9.18 Å². The number of benzene rings is 2. The number of carbonyl (C=O) groups is 1. The fourth-order valence-corrected chi connectivity index (χ4v) is 3.08. The Bertz CT molecular complexity index is 700. The van der Waals surface area contributed by atoms with E-state index in [4.69, 9.17) is 0 Å². The van der Waals surface area contributed by atoms with Crippen LogP contribution in [-0.2, 0) is 4.79 Å². The first-order valence-electron chi connectivity index (χ1n) is 8.69. The lowest BCUT2D eigenvalue weighted by Crippen LogP contribution is -2.36. The molecule has 132 valence electrons. The normalized spacial score (nSPS) is 15.7. The highest BCUT2D eigenvalue weighted by Crippen LogP contribution is 2.17. The van der Waals surface area contributed by atoms with Crippen molar-refractivity contribution in [3.8, 4) is 0 Å². The van der Waals surface area contributed by atoms with Crippen LogP contribution in [0.2, 0.25) is 0 Å². The monoisotopic (exact) mass is 341 g/mol. The van der Waals surface area contributed by atoms with Crippen LogP contribution in [0.5, 0.6) is 0 Å². The lowest BCUT2D eigenvalue weighted by atomic mass is 10.2. The van der Waals surface area contributed by atoms with Crippen molar-refractivity contribution in [3.05, 3.63) is 59.9 Å². The number of aryl methyl sites for hydroxylation is 1. The second-order valence-corrected chi connectivity index (χ2v) is 6.51. The van der Waals surface area contributed by atoms with E-state index in [-0.39, 0.29) is 11.7 Å². The van der Waals surface area contributed by atoms with Crippen molar-refractivity contribution < 1.29 is 9.18 Å². The first kappa shape index (κ1) is 17.4. The lowest BCUT2D eigenvalue weighted by molar-refractivity contribution is -0.117. The van der Waals surface area contributed by atoms with Crippen molar-refractivity contribution in [1.29, 1.82) is 0 Å². The molecule has 1 N–H and O–H groups in total. The van der Waals surface area contributed by atoms with Crippen molar-refractivity contribution in [1.82, 2.24) is 4.90 Å². The standard InChI is InChI=1S/C20H24FN3O/c1-16-3-7-18(8-4-16)22-20(25)15-23-11-2-12-24(14-13-23)19-9-5-17(21)6-10-19/h3-10H,2,11-15H2,1H3,(H,22,25). The van der Waals surface area contributed by atoms with Crippen molar-refractivity contribution in [2.75, 3.05) is 42.9 Å². The van der Waals surface area contributed by atoms with E-state index in [0.29, 0.717) is 6.54 Å². The number of amides is 1. The number of nitrogens with zero attached hydrogens (tertiary/aromatic N) is 2. The van der Waals surface area contributed by atoms with Gasteiger partial charge in [0.2, 0.25) is 5.91 Å². The Kier molecular flexibility index (Phi) is 5.66. The van der Waals surface area contributed by atoms with E-state index >= 15 is 0 Å². The fourth-order valence-electron chi connectivity index (χ4n) is 3.08. The van der Waals surface area contributed by atoms with Gasteiger partial charge in [-0.25, -0.2) is 4.39 Å². The first-order chi connectivity index (χ1) is 12.1. The van der Waals surface area contributed by atoms with Gasteiger partial charge in [-0.05, 0) is 49.7 Å². The van der Waals surface area contributed by atoms with Gasteiger partial charge in [-0.1, -0.05) is 17.7 Å². The summed E-state index contributed by atoms with van der Waals surface area (Å²) in [4.78, 5) is 16.7. The minimum Gasteiger partial charge on any atom is -0.370 e. The molecule has 1 amide bonds. The maximum Gasteiger partial charge on any atom is 0.238 e. The highest BCUT2D eigenvalue weighted by atomic mass is 19.1. The predicted molar refractivity (Wildman–Crippen MR) is 99.5 cm³/mol. The van der Waals surface area contributed by atoms with Crippen LogP contribution in [0.1, 0.15) is 12.0 Å². The molecule has 0 atom stereocenters. The van der Waals surface area contributed by atoms with Crippen LogP contribution in [0.3, 0.4) is 0 Å². The van der Waals surface area contributed by atoms with Crippen LogP contribution < -0.4 is 10.2 Å². The zero-order chi connectivity index (χ0) is 17.6. The second-order valence-electron chi connectivity index (χ2n) is 6.51. The number of halogens is 1. The summed E-state index contributed by atoms with van der Waals surface area (Å²) in [6.45, 7) is 5.88. The molecule has 3 rings (SSSR count). The number of hydrogen-bond acceptors (Lipinski definition) is 3. The third-order valence-electron chi connectivity index (χ3n) is 4.48. The highest BCUT2D eigenvalue weighted by molar-refractivity contribution is 5.92. The first-order valence-corrected chi connectivity index (χ1v) is 8.69. The summed E-state index contributed by atoms with van der Waals surface area (Å²) >= 11 is 0. The maximum atomic E-state index is 13.1. The number of nitrogens with one attached hydrogen (secondary N) is 1. The van der Waals surface area contributed by atoms with Gasteiger partial charge in [-0.15, -0.1) is 0 Å². The molecule has 1 aliphatic rings. The van der Waals surface area contributed by atoms with Crippen LogP contribution in [-0.4, -0.2) is 43.5 Å². The fraction of sp³-hybridized carbons (Fsp3) is 0.350. The van der Waals surface area contributed by atoms with Gasteiger partial charge >= 0.3 is 0 Å². The Hall–Kier alpha value is -2.40. The van der Waals surface area contributed by atoms with Crippen LogP contribution >= 0.6 is 0 Å². The zero-order valence-corrected chi connectivity index (χ0v) is 14.5. The molecule has 25 heavy (non-hydrogen) atoms. The molecular formula is C20H24FN3O. The Labute approximate surface area is 148 Å². The van der Waals surface area contributed by atoms with Gasteiger partial charge in [0.1, 0.15) is 5.82 Å². The quantitative estimate of drug-likeness (QED) is 0.927. The third kappa shape index (κ3) is 5.03. The van der Waals surface area contributed by atoms with Gasteiger partial charge in [0.05, 0.1) is 6.54 Å². The van der Waals surface area contributed by atoms with Gasteiger partial charge in [-0.3, -0.25) is 9.69 Å². The molecule has 0 aliphatic carbocycles. The molecule has 0 aromatic heterocycles. The molecule has 2 aromatic carbocycles. The van der Waals surface area contributed by atoms with Crippen molar-refractivity contribution in [2.45, 2.75) is 13.3 Å². The van der Waals surface area contributed by atoms with Gasteiger partial charge in [-0.2, -0.15) is 0 Å². The zero-order valence-electron chi connectivity index (χ0n) is 14.5. The molecule has 4 nitrogen and oxygen atoms in total. The topological polar surface area (TPSA) is 35.6 Å². The second kappa shape index (κ2) is 8.12. The molecule has 0 bridgehead atoms. The summed E-state index contributed by atoms with van der Waals surface area (Å²) < 4.78 is 13.1. The summed E-state index contributed by atoms with van der Waals surface area (Å²) in [5, 5.41) is 2.95. The van der Waals surface area contributed by atoms with E-state index in [1.54, 1.807) is 0 Å². The van der Waals surface area contributed by atoms with E-state index in [0.717, 1.165) is 44.0 Å². The molecular weight excluding hydrogens is 317 g/mol. The van der Waals surface area contributed by atoms with Gasteiger partial charge in [0.15, 0.2) is 0 Å². The molecule has 0 unspecified atom stereocenters. The number of anilines is 2. The smallest absolute Gasteiger partial charge is 0.238 e. The maximum absolute atomic E-state index is 13.1. The van der Waals surface area contributed by atoms with Crippen molar-refractivity contribution >= 4 is 17.3 Å². The molecule has 0 spiro atoms. The van der Waals surface area contributed by atoms with Crippen LogP contribution in [0.15, 0.2) is 48.5 Å². The summed E-state index contributed by atoms with van der Waals surface area (Å²) in [7, 11) is 0. The van der Waals surface area contributed by atoms with Crippen LogP contribution in [0, 0.1) is 12.7 Å². The number of rotatable bonds is 4. The van der Waals surface area contributed by atoms with Gasteiger partial charge in [0.25, 0.3) is 0 Å². The molecule has 1 heterocycles. The highest BCUT2D eigenvalue weighted by Gasteiger charge is 2.17. The molecule has 2 aromatic rings. The Balaban J connectivity index is 1.51. The largest absolute Gasteiger partial charge is 0.370 e. The van der Waals surface area contributed by atoms with Crippen molar-refractivity contribution in [3.63, 3.8) is 0 Å². The summed E-state index contributed by atoms with van der Waals surface area (Å²) in [6, 6.07) is 14.4. The number of hydrogen-bond donors (Lipinski definition) is 1. The number of carbonyl (C=O) groups excluding carboxylic acids is 1. The molecule has 0 saturated carbocycles. The van der Waals surface area contributed by atoms with Gasteiger partial charge in [0, 0.05) is 37.6 Å². The Morgan fingerprint density at radius 3 is 2.44 bits per heavy atom. The summed E-state index contributed by atoms with van der Waals surface area (Å²) in [6.07, 6.45) is 0.981. The molecule has 1 saturated heterocycles. The van der Waals surface area contributed by atoms with E-state index in [1.807, 2.05) is 43.3 Å². The SMILES string of the molecule is Cc1ccc(NC(=O)CN2CCCN(c3ccc(F)cc3)CC2)cc1. The van der Waals surface area contributed by atoms with Crippen molar-refractivity contribution in [2.24, 2.45) is 0 Å². The average Bonchev–Trinajstić information content (AvgIpc) is 2.83. The molecule has 0 radical (unpaired) electrons. The molecule has 1 aliphatic heterocycles. The molecule has 5 heteroatoms. The Morgan fingerprint density at radius 2 is 1.72 bits per heavy atom. The van der Waals surface area contributed by atoms with E-state index in [2.05, 4.69) is 15.1 Å². The summed E-state index contributed by atoms with van der Waals surface area (Å²) in [5.74, 6) is -0.202.